The van der Waals surface area contributed by atoms with Gasteiger partial charge in [-0.3, -0.25) is 4.79 Å². The highest BCUT2D eigenvalue weighted by Crippen LogP contribution is 2.26. The second-order valence-corrected chi connectivity index (χ2v) is 5.85. The number of aliphatic hydroxyl groups is 2. The molecule has 0 aliphatic heterocycles. The second-order valence-electron chi connectivity index (χ2n) is 5.47. The Balaban J connectivity index is 1.87. The van der Waals surface area contributed by atoms with E-state index in [0.717, 1.165) is 11.1 Å². The molecule has 0 bridgehead atoms. The van der Waals surface area contributed by atoms with Crippen molar-refractivity contribution in [3.63, 3.8) is 0 Å². The van der Waals surface area contributed by atoms with Gasteiger partial charge in [0.15, 0.2) is 6.61 Å². The summed E-state index contributed by atoms with van der Waals surface area (Å²) in [5.74, 6) is 0.259. The summed E-state index contributed by atoms with van der Waals surface area (Å²) >= 11 is 6.07. The molecule has 0 aromatic heterocycles. The number of carbonyl (C=O) groups is 1. The molecule has 0 saturated heterocycles. The zero-order valence-electron chi connectivity index (χ0n) is 12.1. The van der Waals surface area contributed by atoms with Gasteiger partial charge in [0, 0.05) is 5.02 Å². The first-order valence-electron chi connectivity index (χ1n) is 6.93. The molecule has 1 aliphatic rings. The van der Waals surface area contributed by atoms with Crippen LogP contribution in [0.15, 0.2) is 12.1 Å². The van der Waals surface area contributed by atoms with Crippen LogP contribution < -0.4 is 10.1 Å². The Labute approximate surface area is 128 Å². The lowest BCUT2D eigenvalue weighted by Crippen LogP contribution is -2.44. The van der Waals surface area contributed by atoms with Crippen molar-refractivity contribution >= 4 is 17.5 Å². The van der Waals surface area contributed by atoms with Gasteiger partial charge in [-0.25, -0.2) is 0 Å². The van der Waals surface area contributed by atoms with Crippen LogP contribution in [-0.4, -0.2) is 41.0 Å². The third-order valence-corrected chi connectivity index (χ3v) is 4.30. The number of ether oxygens (including phenoxy) is 1. The molecule has 5 nitrogen and oxygen atoms in total. The van der Waals surface area contributed by atoms with Crippen LogP contribution in [0.25, 0.3) is 0 Å². The first kappa shape index (κ1) is 16.1. The monoisotopic (exact) mass is 313 g/mol. The van der Waals surface area contributed by atoms with Crippen molar-refractivity contribution in [2.45, 2.75) is 44.9 Å². The Hall–Kier alpha value is -1.30. The Kier molecular flexibility index (Phi) is 5.08. The van der Waals surface area contributed by atoms with Gasteiger partial charge in [0.2, 0.25) is 0 Å². The fourth-order valence-corrected chi connectivity index (χ4v) is 2.61. The molecule has 3 N–H and O–H groups in total. The molecule has 1 fully saturated rings. The van der Waals surface area contributed by atoms with Crippen molar-refractivity contribution in [1.82, 2.24) is 5.32 Å². The average Bonchev–Trinajstić information content (AvgIpc) is 2.74. The minimum atomic E-state index is -0.908. The van der Waals surface area contributed by atoms with E-state index in [-0.39, 0.29) is 12.5 Å². The van der Waals surface area contributed by atoms with E-state index in [1.807, 2.05) is 13.8 Å². The van der Waals surface area contributed by atoms with E-state index in [0.29, 0.717) is 23.6 Å². The maximum absolute atomic E-state index is 11.8. The van der Waals surface area contributed by atoms with Gasteiger partial charge >= 0.3 is 0 Å². The molecular weight excluding hydrogens is 294 g/mol. The van der Waals surface area contributed by atoms with E-state index >= 15 is 0 Å². The number of rotatable bonds is 4. The normalized spacial score (nSPS) is 24.9. The van der Waals surface area contributed by atoms with Crippen molar-refractivity contribution in [2.75, 3.05) is 6.61 Å². The third kappa shape index (κ3) is 3.87. The molecule has 1 amide bonds. The van der Waals surface area contributed by atoms with E-state index in [9.17, 15) is 15.0 Å². The van der Waals surface area contributed by atoms with Crippen LogP contribution in [0.5, 0.6) is 5.75 Å². The van der Waals surface area contributed by atoms with Crippen molar-refractivity contribution < 1.29 is 19.7 Å². The number of hydrogen-bond donors (Lipinski definition) is 3. The fourth-order valence-electron chi connectivity index (χ4n) is 2.50. The number of carbonyl (C=O) groups excluding carboxylic acids is 1. The lowest BCUT2D eigenvalue weighted by atomic mass is 10.1. The van der Waals surface area contributed by atoms with E-state index in [2.05, 4.69) is 5.32 Å². The van der Waals surface area contributed by atoms with E-state index in [1.54, 1.807) is 12.1 Å². The highest BCUT2D eigenvalue weighted by molar-refractivity contribution is 6.32. The van der Waals surface area contributed by atoms with Gasteiger partial charge in [-0.15, -0.1) is 0 Å². The Bertz CT molecular complexity index is 511. The number of aryl methyl sites for hydroxylation is 2. The summed E-state index contributed by atoms with van der Waals surface area (Å²) in [6, 6.07) is 3.14. The summed E-state index contributed by atoms with van der Waals surface area (Å²) in [6.07, 6.45) is -0.623. The van der Waals surface area contributed by atoms with Gasteiger partial charge in [0.1, 0.15) is 5.75 Å². The maximum atomic E-state index is 11.8. The smallest absolute Gasteiger partial charge is 0.258 e. The third-order valence-electron chi connectivity index (χ3n) is 3.71. The van der Waals surface area contributed by atoms with E-state index in [1.165, 1.54) is 0 Å². The molecule has 21 heavy (non-hydrogen) atoms. The summed E-state index contributed by atoms with van der Waals surface area (Å²) in [4.78, 5) is 11.8. The average molecular weight is 314 g/mol. The van der Waals surface area contributed by atoms with Crippen molar-refractivity contribution in [2.24, 2.45) is 0 Å². The highest BCUT2D eigenvalue weighted by atomic mass is 35.5. The van der Waals surface area contributed by atoms with Crippen LogP contribution in [0.3, 0.4) is 0 Å². The first-order chi connectivity index (χ1) is 9.88. The van der Waals surface area contributed by atoms with Gasteiger partial charge in [-0.05, 0) is 49.9 Å². The number of benzene rings is 1. The summed E-state index contributed by atoms with van der Waals surface area (Å²) in [5.41, 5.74) is 1.78. The predicted molar refractivity (Wildman–Crippen MR) is 79.6 cm³/mol. The molecule has 0 radical (unpaired) electrons. The van der Waals surface area contributed by atoms with Crippen molar-refractivity contribution in [3.05, 3.63) is 28.3 Å². The molecule has 0 heterocycles. The van der Waals surface area contributed by atoms with E-state index < -0.39 is 18.2 Å². The molecule has 0 spiro atoms. The number of halogens is 1. The Morgan fingerprint density at radius 1 is 1.33 bits per heavy atom. The van der Waals surface area contributed by atoms with Crippen LogP contribution in [0.1, 0.15) is 24.0 Å². The highest BCUT2D eigenvalue weighted by Gasteiger charge is 2.34. The molecular formula is C15H20ClNO4. The van der Waals surface area contributed by atoms with Crippen LogP contribution in [0.2, 0.25) is 5.02 Å². The van der Waals surface area contributed by atoms with Crippen LogP contribution in [0, 0.1) is 13.8 Å². The van der Waals surface area contributed by atoms with E-state index in [4.69, 9.17) is 16.3 Å². The minimum absolute atomic E-state index is 0.139. The summed E-state index contributed by atoms with van der Waals surface area (Å²) < 4.78 is 5.44. The maximum Gasteiger partial charge on any atom is 0.258 e. The molecule has 1 aromatic carbocycles. The van der Waals surface area contributed by atoms with Gasteiger partial charge in [-0.2, -0.15) is 0 Å². The van der Waals surface area contributed by atoms with Gasteiger partial charge in [0.25, 0.3) is 5.91 Å². The number of aliphatic hydroxyl groups excluding tert-OH is 2. The SMILES string of the molecule is Cc1cc(OCC(=O)N[C@@H]2CC[C@@H](O)[C@@H]2O)cc(C)c1Cl. The topological polar surface area (TPSA) is 78.8 Å². The molecule has 1 saturated carbocycles. The van der Waals surface area contributed by atoms with Crippen LogP contribution in [0.4, 0.5) is 0 Å². The molecule has 6 heteroatoms. The van der Waals surface area contributed by atoms with Gasteiger partial charge < -0.3 is 20.3 Å². The number of hydrogen-bond acceptors (Lipinski definition) is 4. The molecule has 116 valence electrons. The van der Waals surface area contributed by atoms with Crippen molar-refractivity contribution in [1.29, 1.82) is 0 Å². The summed E-state index contributed by atoms with van der Waals surface area (Å²) in [5, 5.41) is 22.5. The molecule has 1 aromatic rings. The standard InChI is InChI=1S/C15H20ClNO4/c1-8-5-10(6-9(2)14(8)16)21-7-13(19)17-11-3-4-12(18)15(11)20/h5-6,11-12,15,18,20H,3-4,7H2,1-2H3,(H,17,19)/t11-,12-,15-/m1/s1. The summed E-state index contributed by atoms with van der Waals surface area (Å²) in [7, 11) is 0. The Morgan fingerprint density at radius 3 is 2.48 bits per heavy atom. The van der Waals surface area contributed by atoms with Crippen LogP contribution >= 0.6 is 11.6 Å². The molecule has 0 unspecified atom stereocenters. The molecule has 2 rings (SSSR count). The predicted octanol–water partition coefficient (Wildman–Crippen LogP) is 1.34. The lowest BCUT2D eigenvalue weighted by molar-refractivity contribution is -0.124. The zero-order valence-corrected chi connectivity index (χ0v) is 12.9. The lowest BCUT2D eigenvalue weighted by Gasteiger charge is -2.18. The molecule has 1 aliphatic carbocycles. The largest absolute Gasteiger partial charge is 0.484 e. The quantitative estimate of drug-likeness (QED) is 0.784. The second kappa shape index (κ2) is 6.64. The van der Waals surface area contributed by atoms with Gasteiger partial charge in [-0.1, -0.05) is 11.6 Å². The van der Waals surface area contributed by atoms with Crippen LogP contribution in [-0.2, 0) is 4.79 Å². The fraction of sp³-hybridized carbons (Fsp3) is 0.533. The minimum Gasteiger partial charge on any atom is -0.484 e. The van der Waals surface area contributed by atoms with Crippen molar-refractivity contribution in [3.8, 4) is 5.75 Å². The zero-order chi connectivity index (χ0) is 15.6. The Morgan fingerprint density at radius 2 is 1.95 bits per heavy atom. The first-order valence-corrected chi connectivity index (χ1v) is 7.31. The molecule has 3 atom stereocenters. The summed E-state index contributed by atoms with van der Waals surface area (Å²) in [6.45, 7) is 3.61. The number of amides is 1. The number of nitrogens with one attached hydrogen (secondary N) is 1. The van der Waals surface area contributed by atoms with Gasteiger partial charge in [0.05, 0.1) is 18.2 Å².